The summed E-state index contributed by atoms with van der Waals surface area (Å²) in [6.07, 6.45) is 0.652. The van der Waals surface area contributed by atoms with Gasteiger partial charge in [0.15, 0.2) is 11.6 Å². The maximum absolute atomic E-state index is 13.9. The van der Waals surface area contributed by atoms with Crippen LogP contribution in [-0.4, -0.2) is 6.54 Å². The molecule has 100 valence electrons. The van der Waals surface area contributed by atoms with Crippen LogP contribution in [0.15, 0.2) is 45.3 Å². The van der Waals surface area contributed by atoms with Crippen molar-refractivity contribution in [3.8, 4) is 11.5 Å². The summed E-state index contributed by atoms with van der Waals surface area (Å²) in [5.74, 6) is 0.373. The average molecular weight is 389 g/mol. The van der Waals surface area contributed by atoms with Gasteiger partial charge in [-0.1, -0.05) is 22.0 Å². The zero-order chi connectivity index (χ0) is 13.8. The van der Waals surface area contributed by atoms with E-state index in [2.05, 4.69) is 31.9 Å². The van der Waals surface area contributed by atoms with E-state index in [1.807, 2.05) is 18.2 Å². The van der Waals surface area contributed by atoms with Crippen LogP contribution in [0.3, 0.4) is 0 Å². The minimum absolute atomic E-state index is 0.198. The van der Waals surface area contributed by atoms with Crippen molar-refractivity contribution in [3.05, 3.63) is 56.7 Å². The fourth-order valence-corrected chi connectivity index (χ4v) is 2.75. The molecule has 19 heavy (non-hydrogen) atoms. The van der Waals surface area contributed by atoms with Crippen molar-refractivity contribution < 1.29 is 9.13 Å². The molecule has 0 spiro atoms. The number of hydrogen-bond acceptors (Lipinski definition) is 2. The monoisotopic (exact) mass is 387 g/mol. The molecular formula is C14H12Br2FNO. The second-order valence-electron chi connectivity index (χ2n) is 3.98. The van der Waals surface area contributed by atoms with Crippen LogP contribution in [0, 0.1) is 5.82 Å². The highest BCUT2D eigenvalue weighted by molar-refractivity contribution is 9.11. The summed E-state index contributed by atoms with van der Waals surface area (Å²) in [7, 11) is 0. The topological polar surface area (TPSA) is 35.2 Å². The molecule has 0 amide bonds. The molecule has 0 atom stereocenters. The Bertz CT molecular complexity index is 590. The van der Waals surface area contributed by atoms with E-state index in [0.29, 0.717) is 18.7 Å². The minimum Gasteiger partial charge on any atom is -0.453 e. The van der Waals surface area contributed by atoms with Gasteiger partial charge in [0.05, 0.1) is 4.47 Å². The summed E-state index contributed by atoms with van der Waals surface area (Å²) in [6, 6.07) is 10.3. The van der Waals surface area contributed by atoms with Gasteiger partial charge >= 0.3 is 0 Å². The minimum atomic E-state index is -0.388. The molecule has 0 unspecified atom stereocenters. The summed E-state index contributed by atoms with van der Waals surface area (Å²) >= 11 is 6.73. The van der Waals surface area contributed by atoms with E-state index >= 15 is 0 Å². The van der Waals surface area contributed by atoms with Crippen LogP contribution in [0.4, 0.5) is 4.39 Å². The lowest BCUT2D eigenvalue weighted by Crippen LogP contribution is -2.03. The summed E-state index contributed by atoms with van der Waals surface area (Å²) in [5, 5.41) is 0. The maximum Gasteiger partial charge on any atom is 0.165 e. The van der Waals surface area contributed by atoms with Crippen molar-refractivity contribution in [2.24, 2.45) is 5.73 Å². The molecule has 0 bridgehead atoms. The number of halogens is 3. The van der Waals surface area contributed by atoms with Gasteiger partial charge in [-0.15, -0.1) is 0 Å². The molecule has 0 saturated heterocycles. The molecule has 2 aromatic rings. The van der Waals surface area contributed by atoms with Crippen LogP contribution in [0.2, 0.25) is 0 Å². The van der Waals surface area contributed by atoms with E-state index in [1.54, 1.807) is 12.1 Å². The SMILES string of the molecule is NCCc1ccc(Oc2ccc(Br)cc2Br)c(F)c1. The number of rotatable bonds is 4. The maximum atomic E-state index is 13.9. The van der Waals surface area contributed by atoms with Gasteiger partial charge in [-0.25, -0.2) is 4.39 Å². The fourth-order valence-electron chi connectivity index (χ4n) is 1.63. The van der Waals surface area contributed by atoms with E-state index in [9.17, 15) is 4.39 Å². The quantitative estimate of drug-likeness (QED) is 0.827. The number of ether oxygens (including phenoxy) is 1. The first-order valence-corrected chi connectivity index (χ1v) is 7.30. The predicted octanol–water partition coefficient (Wildman–Crippen LogP) is 4.64. The van der Waals surface area contributed by atoms with Crippen molar-refractivity contribution in [3.63, 3.8) is 0 Å². The molecular weight excluding hydrogens is 377 g/mol. The van der Waals surface area contributed by atoms with Gasteiger partial charge < -0.3 is 10.5 Å². The largest absolute Gasteiger partial charge is 0.453 e. The van der Waals surface area contributed by atoms with Crippen LogP contribution in [0.1, 0.15) is 5.56 Å². The van der Waals surface area contributed by atoms with Gasteiger partial charge in [-0.05, 0) is 64.8 Å². The van der Waals surface area contributed by atoms with Gasteiger partial charge in [-0.3, -0.25) is 0 Å². The highest BCUT2D eigenvalue weighted by Crippen LogP contribution is 2.33. The summed E-state index contributed by atoms with van der Waals surface area (Å²) < 4.78 is 21.1. The van der Waals surface area contributed by atoms with Gasteiger partial charge in [0, 0.05) is 4.47 Å². The first-order valence-electron chi connectivity index (χ1n) is 5.71. The van der Waals surface area contributed by atoms with Crippen molar-refractivity contribution in [2.75, 3.05) is 6.54 Å². The fraction of sp³-hybridized carbons (Fsp3) is 0.143. The van der Waals surface area contributed by atoms with E-state index in [0.717, 1.165) is 14.5 Å². The van der Waals surface area contributed by atoms with Gasteiger partial charge in [0.25, 0.3) is 0 Å². The average Bonchev–Trinajstić information content (AvgIpc) is 2.36. The second-order valence-corrected chi connectivity index (χ2v) is 5.75. The van der Waals surface area contributed by atoms with Crippen molar-refractivity contribution >= 4 is 31.9 Å². The zero-order valence-electron chi connectivity index (χ0n) is 10.00. The van der Waals surface area contributed by atoms with E-state index in [1.165, 1.54) is 6.07 Å². The Hall–Kier alpha value is -0.910. The zero-order valence-corrected chi connectivity index (χ0v) is 13.2. The van der Waals surface area contributed by atoms with E-state index < -0.39 is 0 Å². The van der Waals surface area contributed by atoms with Crippen LogP contribution < -0.4 is 10.5 Å². The van der Waals surface area contributed by atoms with Crippen LogP contribution in [0.25, 0.3) is 0 Å². The number of nitrogens with two attached hydrogens (primary N) is 1. The molecule has 5 heteroatoms. The third-order valence-electron chi connectivity index (χ3n) is 2.54. The third kappa shape index (κ3) is 3.78. The predicted molar refractivity (Wildman–Crippen MR) is 81.1 cm³/mol. The lowest BCUT2D eigenvalue weighted by molar-refractivity contribution is 0.439. The molecule has 0 aliphatic heterocycles. The smallest absolute Gasteiger partial charge is 0.165 e. The van der Waals surface area contributed by atoms with Crippen LogP contribution in [-0.2, 0) is 6.42 Å². The van der Waals surface area contributed by atoms with Gasteiger partial charge in [0.1, 0.15) is 5.75 Å². The Balaban J connectivity index is 2.23. The first kappa shape index (κ1) is 14.5. The van der Waals surface area contributed by atoms with Crippen molar-refractivity contribution in [1.29, 1.82) is 0 Å². The lowest BCUT2D eigenvalue weighted by Gasteiger charge is -2.10. The van der Waals surface area contributed by atoms with Gasteiger partial charge in [0.2, 0.25) is 0 Å². The van der Waals surface area contributed by atoms with Gasteiger partial charge in [-0.2, -0.15) is 0 Å². The molecule has 2 nitrogen and oxygen atoms in total. The molecule has 0 aliphatic rings. The van der Waals surface area contributed by atoms with Crippen molar-refractivity contribution in [2.45, 2.75) is 6.42 Å². The molecule has 2 N–H and O–H groups in total. The van der Waals surface area contributed by atoms with Crippen LogP contribution in [0.5, 0.6) is 11.5 Å². The molecule has 2 rings (SSSR count). The normalized spacial score (nSPS) is 10.5. The summed E-state index contributed by atoms with van der Waals surface area (Å²) in [6.45, 7) is 0.498. The standard InChI is InChI=1S/C14H12Br2FNO/c15-10-2-4-13(11(16)8-10)19-14-3-1-9(5-6-18)7-12(14)17/h1-4,7-8H,5-6,18H2. The molecule has 0 heterocycles. The molecule has 0 saturated carbocycles. The van der Waals surface area contributed by atoms with Crippen LogP contribution >= 0.6 is 31.9 Å². The molecule has 0 aromatic heterocycles. The van der Waals surface area contributed by atoms with E-state index in [4.69, 9.17) is 10.5 Å². The Kier molecular flexibility index (Phi) is 4.96. The Morgan fingerprint density at radius 3 is 2.42 bits per heavy atom. The third-order valence-corrected chi connectivity index (χ3v) is 3.66. The number of hydrogen-bond donors (Lipinski definition) is 1. The molecule has 0 fully saturated rings. The van der Waals surface area contributed by atoms with Crippen molar-refractivity contribution in [1.82, 2.24) is 0 Å². The second kappa shape index (κ2) is 6.50. The summed E-state index contributed by atoms with van der Waals surface area (Å²) in [4.78, 5) is 0. The Morgan fingerprint density at radius 2 is 1.79 bits per heavy atom. The Labute approximate surface area is 128 Å². The lowest BCUT2D eigenvalue weighted by atomic mass is 10.1. The summed E-state index contributed by atoms with van der Waals surface area (Å²) in [5.41, 5.74) is 6.31. The molecule has 2 aromatic carbocycles. The molecule has 0 radical (unpaired) electrons. The first-order chi connectivity index (χ1) is 9.10. The highest BCUT2D eigenvalue weighted by atomic mass is 79.9. The molecule has 0 aliphatic carbocycles. The Morgan fingerprint density at radius 1 is 1.05 bits per heavy atom. The highest BCUT2D eigenvalue weighted by Gasteiger charge is 2.08. The van der Waals surface area contributed by atoms with E-state index in [-0.39, 0.29) is 11.6 Å². The number of benzene rings is 2.